The van der Waals surface area contributed by atoms with Gasteiger partial charge in [0.25, 0.3) is 0 Å². The molecule has 18 heavy (non-hydrogen) atoms. The number of aryl methyl sites for hydroxylation is 1. The van der Waals surface area contributed by atoms with Crippen molar-refractivity contribution in [2.75, 3.05) is 14.2 Å². The Hall–Kier alpha value is -1.94. The van der Waals surface area contributed by atoms with Gasteiger partial charge in [0.15, 0.2) is 0 Å². The Kier molecular flexibility index (Phi) is 3.58. The van der Waals surface area contributed by atoms with Gasteiger partial charge in [-0.05, 0) is 25.1 Å². The number of benzene rings is 1. The third-order valence-corrected chi connectivity index (χ3v) is 3.01. The van der Waals surface area contributed by atoms with E-state index in [0.29, 0.717) is 11.5 Å². The largest absolute Gasteiger partial charge is 0.496 e. The van der Waals surface area contributed by atoms with E-state index >= 15 is 0 Å². The van der Waals surface area contributed by atoms with Crippen LogP contribution in [0.2, 0.25) is 0 Å². The van der Waals surface area contributed by atoms with Crippen molar-refractivity contribution in [3.63, 3.8) is 0 Å². The summed E-state index contributed by atoms with van der Waals surface area (Å²) in [5.74, 6) is 2.22. The molecule has 0 fully saturated rings. The summed E-state index contributed by atoms with van der Waals surface area (Å²) in [5, 5.41) is 0. The molecule has 0 spiro atoms. The molecular formula is C14H17NO3. The molecule has 2 rings (SSSR count). The molecule has 0 aliphatic rings. The summed E-state index contributed by atoms with van der Waals surface area (Å²) in [7, 11) is 3.24. The number of methoxy groups -OCH3 is 2. The molecule has 0 saturated carbocycles. The maximum absolute atomic E-state index is 6.29. The van der Waals surface area contributed by atoms with Crippen LogP contribution in [0.1, 0.15) is 22.9 Å². The Morgan fingerprint density at radius 3 is 2.17 bits per heavy atom. The maximum atomic E-state index is 6.29. The van der Waals surface area contributed by atoms with Crippen molar-refractivity contribution in [1.29, 1.82) is 0 Å². The lowest BCUT2D eigenvalue weighted by Gasteiger charge is -2.18. The molecule has 2 aromatic rings. The van der Waals surface area contributed by atoms with Gasteiger partial charge in [-0.25, -0.2) is 0 Å². The summed E-state index contributed by atoms with van der Waals surface area (Å²) >= 11 is 0. The van der Waals surface area contributed by atoms with Crippen LogP contribution in [0.3, 0.4) is 0 Å². The summed E-state index contributed by atoms with van der Waals surface area (Å²) in [6, 6.07) is 7.14. The number of furan rings is 1. The fourth-order valence-electron chi connectivity index (χ4n) is 2.06. The van der Waals surface area contributed by atoms with Crippen LogP contribution in [0.15, 0.2) is 34.9 Å². The van der Waals surface area contributed by atoms with E-state index in [1.54, 1.807) is 20.5 Å². The third-order valence-electron chi connectivity index (χ3n) is 3.01. The molecule has 0 amide bonds. The Morgan fingerprint density at radius 1 is 1.11 bits per heavy atom. The van der Waals surface area contributed by atoms with Crippen LogP contribution in [0.4, 0.5) is 0 Å². The minimum absolute atomic E-state index is 0.338. The Morgan fingerprint density at radius 2 is 1.72 bits per heavy atom. The molecule has 0 saturated heterocycles. The zero-order valence-electron chi connectivity index (χ0n) is 10.8. The van der Waals surface area contributed by atoms with Crippen LogP contribution >= 0.6 is 0 Å². The highest BCUT2D eigenvalue weighted by atomic mass is 16.5. The lowest BCUT2D eigenvalue weighted by molar-refractivity contribution is 0.382. The van der Waals surface area contributed by atoms with E-state index < -0.39 is 0 Å². The summed E-state index contributed by atoms with van der Waals surface area (Å²) < 4.78 is 16.0. The molecular weight excluding hydrogens is 230 g/mol. The molecule has 0 bridgehead atoms. The number of nitrogens with two attached hydrogens (primary N) is 1. The quantitative estimate of drug-likeness (QED) is 0.902. The summed E-state index contributed by atoms with van der Waals surface area (Å²) in [4.78, 5) is 0. The fraction of sp³-hybridized carbons (Fsp3) is 0.286. The molecule has 1 atom stereocenters. The molecule has 1 aromatic carbocycles. The van der Waals surface area contributed by atoms with Gasteiger partial charge in [0.2, 0.25) is 0 Å². The average molecular weight is 247 g/mol. The van der Waals surface area contributed by atoms with Crippen LogP contribution in [0, 0.1) is 6.92 Å². The number of ether oxygens (including phenoxy) is 2. The molecule has 4 nitrogen and oxygen atoms in total. The third kappa shape index (κ3) is 2.07. The minimum Gasteiger partial charge on any atom is -0.496 e. The van der Waals surface area contributed by atoms with Crippen molar-refractivity contribution in [1.82, 2.24) is 0 Å². The lowest BCUT2D eigenvalue weighted by Crippen LogP contribution is -2.14. The van der Waals surface area contributed by atoms with Crippen molar-refractivity contribution in [3.8, 4) is 11.5 Å². The number of rotatable bonds is 4. The van der Waals surface area contributed by atoms with E-state index in [9.17, 15) is 0 Å². The zero-order chi connectivity index (χ0) is 13.1. The van der Waals surface area contributed by atoms with Gasteiger partial charge in [0, 0.05) is 5.56 Å². The van der Waals surface area contributed by atoms with Gasteiger partial charge in [0.1, 0.15) is 17.3 Å². The molecule has 1 aromatic heterocycles. The SMILES string of the molecule is COc1cccc(OC)c1C(N)c1ccoc1C. The lowest BCUT2D eigenvalue weighted by atomic mass is 9.98. The molecule has 1 unspecified atom stereocenters. The molecule has 0 aliphatic carbocycles. The van der Waals surface area contributed by atoms with Gasteiger partial charge in [-0.3, -0.25) is 0 Å². The Balaban J connectivity index is 2.52. The predicted octanol–water partition coefficient (Wildman–Crippen LogP) is 2.65. The first kappa shape index (κ1) is 12.5. The van der Waals surface area contributed by atoms with Gasteiger partial charge in [-0.15, -0.1) is 0 Å². The van der Waals surface area contributed by atoms with E-state index in [0.717, 1.165) is 16.9 Å². The van der Waals surface area contributed by atoms with Gasteiger partial charge in [-0.2, -0.15) is 0 Å². The number of hydrogen-bond donors (Lipinski definition) is 1. The minimum atomic E-state index is -0.338. The van der Waals surface area contributed by atoms with Gasteiger partial charge in [-0.1, -0.05) is 6.07 Å². The van der Waals surface area contributed by atoms with Crippen molar-refractivity contribution in [2.24, 2.45) is 5.73 Å². The van der Waals surface area contributed by atoms with Crippen molar-refractivity contribution in [3.05, 3.63) is 47.4 Å². The second kappa shape index (κ2) is 5.14. The molecule has 1 heterocycles. The first-order chi connectivity index (χ1) is 8.69. The Bertz CT molecular complexity index is 511. The number of hydrogen-bond acceptors (Lipinski definition) is 4. The molecule has 0 radical (unpaired) electrons. The molecule has 96 valence electrons. The average Bonchev–Trinajstić information content (AvgIpc) is 2.83. The van der Waals surface area contributed by atoms with E-state index in [1.165, 1.54) is 0 Å². The second-order valence-corrected chi connectivity index (χ2v) is 3.99. The Labute approximate surface area is 106 Å². The van der Waals surface area contributed by atoms with Gasteiger partial charge < -0.3 is 19.6 Å². The van der Waals surface area contributed by atoms with E-state index in [2.05, 4.69) is 0 Å². The van der Waals surface area contributed by atoms with Crippen LogP contribution in [0.25, 0.3) is 0 Å². The summed E-state index contributed by atoms with van der Waals surface area (Å²) in [6.45, 7) is 1.89. The first-order valence-electron chi connectivity index (χ1n) is 5.69. The standard InChI is InChI=1S/C14H17NO3/c1-9-10(7-8-18-9)14(15)13-11(16-2)5-4-6-12(13)17-3/h4-8,14H,15H2,1-3H3. The van der Waals surface area contributed by atoms with Crippen LogP contribution < -0.4 is 15.2 Å². The highest BCUT2D eigenvalue weighted by Crippen LogP contribution is 2.36. The monoisotopic (exact) mass is 247 g/mol. The van der Waals surface area contributed by atoms with E-state index in [-0.39, 0.29) is 6.04 Å². The zero-order valence-corrected chi connectivity index (χ0v) is 10.8. The topological polar surface area (TPSA) is 57.6 Å². The highest BCUT2D eigenvalue weighted by molar-refractivity contribution is 5.50. The predicted molar refractivity (Wildman–Crippen MR) is 69.0 cm³/mol. The molecule has 2 N–H and O–H groups in total. The van der Waals surface area contributed by atoms with Crippen LogP contribution in [-0.4, -0.2) is 14.2 Å². The van der Waals surface area contributed by atoms with Crippen LogP contribution in [-0.2, 0) is 0 Å². The van der Waals surface area contributed by atoms with E-state index in [1.807, 2.05) is 31.2 Å². The maximum Gasteiger partial charge on any atom is 0.127 e. The van der Waals surface area contributed by atoms with Gasteiger partial charge >= 0.3 is 0 Å². The smallest absolute Gasteiger partial charge is 0.127 e. The highest BCUT2D eigenvalue weighted by Gasteiger charge is 2.21. The normalized spacial score (nSPS) is 12.2. The first-order valence-corrected chi connectivity index (χ1v) is 5.69. The second-order valence-electron chi connectivity index (χ2n) is 3.99. The summed E-state index contributed by atoms with van der Waals surface area (Å²) in [6.07, 6.45) is 1.63. The van der Waals surface area contributed by atoms with Gasteiger partial charge in [0.05, 0.1) is 32.1 Å². The molecule has 4 heteroatoms. The van der Waals surface area contributed by atoms with Crippen LogP contribution in [0.5, 0.6) is 11.5 Å². The molecule has 0 aliphatic heterocycles. The fourth-order valence-corrected chi connectivity index (χ4v) is 2.06. The van der Waals surface area contributed by atoms with Crippen molar-refractivity contribution < 1.29 is 13.9 Å². The van der Waals surface area contributed by atoms with Crippen molar-refractivity contribution in [2.45, 2.75) is 13.0 Å². The van der Waals surface area contributed by atoms with E-state index in [4.69, 9.17) is 19.6 Å². The summed E-state index contributed by atoms with van der Waals surface area (Å²) in [5.41, 5.74) is 8.05. The van der Waals surface area contributed by atoms with Crippen molar-refractivity contribution >= 4 is 0 Å².